The Hall–Kier alpha value is -2.50. The molecular weight excluding hydrogens is 342 g/mol. The monoisotopic (exact) mass is 369 g/mol. The molecule has 144 valence electrons. The Balaban J connectivity index is 2.25. The van der Waals surface area contributed by atoms with Crippen LogP contribution in [0.1, 0.15) is 18.1 Å². The third kappa shape index (κ3) is 6.01. The highest BCUT2D eigenvalue weighted by atomic mass is 16.6. The molecule has 0 aliphatic heterocycles. The number of carbonyl (C=O) groups is 2. The summed E-state index contributed by atoms with van der Waals surface area (Å²) < 4.78 is 11.4. The number of hydrogen-bond acceptors (Lipinski definition) is 5. The molecule has 1 atom stereocenters. The normalized spacial score (nSPS) is 13.2. The van der Waals surface area contributed by atoms with Crippen LogP contribution in [0.15, 0.2) is 60.7 Å². The maximum atomic E-state index is 12.9. The van der Waals surface area contributed by atoms with E-state index in [0.29, 0.717) is 6.54 Å². The van der Waals surface area contributed by atoms with E-state index in [9.17, 15) is 9.59 Å². The van der Waals surface area contributed by atoms with Crippen molar-refractivity contribution in [2.75, 3.05) is 27.2 Å². The molecule has 5 nitrogen and oxygen atoms in total. The Morgan fingerprint density at radius 1 is 0.926 bits per heavy atom. The van der Waals surface area contributed by atoms with Crippen LogP contribution in [0, 0.1) is 0 Å². The molecule has 0 aromatic heterocycles. The summed E-state index contributed by atoms with van der Waals surface area (Å²) in [6.07, 6.45) is 0.136. The predicted molar refractivity (Wildman–Crippen MR) is 104 cm³/mol. The Morgan fingerprint density at radius 3 is 2.00 bits per heavy atom. The van der Waals surface area contributed by atoms with E-state index in [0.717, 1.165) is 11.1 Å². The molecule has 27 heavy (non-hydrogen) atoms. The summed E-state index contributed by atoms with van der Waals surface area (Å²) in [7, 11) is 3.78. The SMILES string of the molecule is CC(=O)C(Cc1ccccc1)(OCc1ccccc1)C(=O)OCCN(C)C. The molecule has 0 radical (unpaired) electrons. The lowest BCUT2D eigenvalue weighted by molar-refractivity contribution is -0.179. The van der Waals surface area contributed by atoms with Crippen molar-refractivity contribution >= 4 is 11.8 Å². The first-order chi connectivity index (χ1) is 12.9. The van der Waals surface area contributed by atoms with Crippen molar-refractivity contribution in [3.8, 4) is 0 Å². The van der Waals surface area contributed by atoms with Gasteiger partial charge in [0.05, 0.1) is 6.61 Å². The van der Waals surface area contributed by atoms with Gasteiger partial charge in [-0.05, 0) is 32.1 Å². The van der Waals surface area contributed by atoms with Crippen molar-refractivity contribution in [3.63, 3.8) is 0 Å². The summed E-state index contributed by atoms with van der Waals surface area (Å²) in [5, 5.41) is 0. The van der Waals surface area contributed by atoms with Gasteiger partial charge in [0.1, 0.15) is 6.61 Å². The summed E-state index contributed by atoms with van der Waals surface area (Å²) in [6, 6.07) is 18.8. The number of rotatable bonds is 10. The van der Waals surface area contributed by atoms with Crippen molar-refractivity contribution in [2.24, 2.45) is 0 Å². The van der Waals surface area contributed by atoms with Gasteiger partial charge in [0, 0.05) is 13.0 Å². The number of carbonyl (C=O) groups excluding carboxylic acids is 2. The van der Waals surface area contributed by atoms with Gasteiger partial charge in [-0.1, -0.05) is 60.7 Å². The number of esters is 1. The first kappa shape index (κ1) is 20.8. The van der Waals surface area contributed by atoms with Gasteiger partial charge >= 0.3 is 5.97 Å². The topological polar surface area (TPSA) is 55.8 Å². The van der Waals surface area contributed by atoms with Gasteiger partial charge in [0.2, 0.25) is 5.60 Å². The van der Waals surface area contributed by atoms with Gasteiger partial charge in [0.25, 0.3) is 0 Å². The number of likely N-dealkylation sites (N-methyl/N-ethyl adjacent to an activating group) is 1. The molecule has 0 heterocycles. The molecule has 0 bridgehead atoms. The van der Waals surface area contributed by atoms with Crippen molar-refractivity contribution in [2.45, 2.75) is 25.6 Å². The number of ether oxygens (including phenoxy) is 2. The van der Waals surface area contributed by atoms with Crippen molar-refractivity contribution < 1.29 is 19.1 Å². The van der Waals surface area contributed by atoms with Crippen LogP contribution in [0.25, 0.3) is 0 Å². The van der Waals surface area contributed by atoms with Gasteiger partial charge in [-0.2, -0.15) is 0 Å². The molecular formula is C22H27NO4. The number of nitrogens with zero attached hydrogens (tertiary/aromatic N) is 1. The van der Waals surface area contributed by atoms with Gasteiger partial charge in [-0.15, -0.1) is 0 Å². The Labute approximate surface area is 160 Å². The van der Waals surface area contributed by atoms with E-state index in [1.807, 2.05) is 79.7 Å². The summed E-state index contributed by atoms with van der Waals surface area (Å²) in [5.74, 6) is -1.01. The minimum absolute atomic E-state index is 0.136. The van der Waals surface area contributed by atoms with Crippen LogP contribution in [-0.4, -0.2) is 49.5 Å². The molecule has 1 unspecified atom stereocenters. The highest BCUT2D eigenvalue weighted by molar-refractivity contribution is 6.06. The van der Waals surface area contributed by atoms with Crippen molar-refractivity contribution in [1.82, 2.24) is 4.90 Å². The first-order valence-electron chi connectivity index (χ1n) is 8.99. The van der Waals surface area contributed by atoms with Crippen molar-refractivity contribution in [1.29, 1.82) is 0 Å². The highest BCUT2D eigenvalue weighted by Gasteiger charge is 2.46. The second kappa shape index (κ2) is 10.00. The summed E-state index contributed by atoms with van der Waals surface area (Å²) in [4.78, 5) is 27.4. The average molecular weight is 369 g/mol. The number of ketones is 1. The zero-order chi connectivity index (χ0) is 19.7. The molecule has 0 N–H and O–H groups in total. The largest absolute Gasteiger partial charge is 0.462 e. The molecule has 2 aromatic carbocycles. The zero-order valence-electron chi connectivity index (χ0n) is 16.2. The molecule has 0 saturated carbocycles. The molecule has 0 fully saturated rings. The Morgan fingerprint density at radius 2 is 1.48 bits per heavy atom. The highest BCUT2D eigenvalue weighted by Crippen LogP contribution is 2.24. The fourth-order valence-electron chi connectivity index (χ4n) is 2.65. The molecule has 0 spiro atoms. The second-order valence-electron chi connectivity index (χ2n) is 6.76. The second-order valence-corrected chi connectivity index (χ2v) is 6.76. The number of benzene rings is 2. The quantitative estimate of drug-likeness (QED) is 0.476. The van der Waals surface area contributed by atoms with Crippen LogP contribution in [0.2, 0.25) is 0 Å². The van der Waals surface area contributed by atoms with E-state index < -0.39 is 11.6 Å². The number of Topliss-reactive ketones (excluding diaryl/α,β-unsaturated/α-hetero) is 1. The summed E-state index contributed by atoms with van der Waals surface area (Å²) in [6.45, 7) is 2.30. The van der Waals surface area contributed by atoms with E-state index in [-0.39, 0.29) is 25.4 Å². The zero-order valence-corrected chi connectivity index (χ0v) is 16.2. The molecule has 0 amide bonds. The maximum Gasteiger partial charge on any atom is 0.346 e. The van der Waals surface area contributed by atoms with E-state index >= 15 is 0 Å². The smallest absolute Gasteiger partial charge is 0.346 e. The fourth-order valence-corrected chi connectivity index (χ4v) is 2.65. The minimum Gasteiger partial charge on any atom is -0.462 e. The lowest BCUT2D eigenvalue weighted by Crippen LogP contribution is -2.51. The first-order valence-corrected chi connectivity index (χ1v) is 8.99. The molecule has 2 aromatic rings. The Kier molecular flexibility index (Phi) is 7.70. The van der Waals surface area contributed by atoms with Crippen LogP contribution in [0.4, 0.5) is 0 Å². The minimum atomic E-state index is -1.66. The van der Waals surface area contributed by atoms with Gasteiger partial charge in [-0.3, -0.25) is 4.79 Å². The van der Waals surface area contributed by atoms with Crippen LogP contribution >= 0.6 is 0 Å². The molecule has 0 aliphatic carbocycles. The standard InChI is InChI=1S/C22H27NO4/c1-18(24)22(16-19-10-6-4-7-11-19,21(25)26-15-14-23(2)3)27-17-20-12-8-5-9-13-20/h4-13H,14-17H2,1-3H3. The van der Waals surface area contributed by atoms with Crippen LogP contribution in [-0.2, 0) is 32.1 Å². The molecule has 5 heteroatoms. The van der Waals surface area contributed by atoms with Gasteiger partial charge < -0.3 is 14.4 Å². The predicted octanol–water partition coefficient (Wildman–Crippen LogP) is 2.88. The average Bonchev–Trinajstić information content (AvgIpc) is 2.66. The third-order valence-electron chi connectivity index (χ3n) is 4.29. The van der Waals surface area contributed by atoms with E-state index in [4.69, 9.17) is 9.47 Å². The van der Waals surface area contributed by atoms with E-state index in [2.05, 4.69) is 0 Å². The van der Waals surface area contributed by atoms with Gasteiger partial charge in [0.15, 0.2) is 5.78 Å². The summed E-state index contributed by atoms with van der Waals surface area (Å²) in [5.41, 5.74) is 0.0614. The number of hydrogen-bond donors (Lipinski definition) is 0. The van der Waals surface area contributed by atoms with Crippen LogP contribution in [0.5, 0.6) is 0 Å². The van der Waals surface area contributed by atoms with Crippen LogP contribution < -0.4 is 0 Å². The van der Waals surface area contributed by atoms with E-state index in [1.54, 1.807) is 0 Å². The Bertz CT molecular complexity index is 730. The van der Waals surface area contributed by atoms with Gasteiger partial charge in [-0.25, -0.2) is 4.79 Å². The maximum absolute atomic E-state index is 12.9. The molecule has 0 aliphatic rings. The van der Waals surface area contributed by atoms with Crippen molar-refractivity contribution in [3.05, 3.63) is 71.8 Å². The molecule has 0 saturated heterocycles. The van der Waals surface area contributed by atoms with E-state index in [1.165, 1.54) is 6.92 Å². The lowest BCUT2D eigenvalue weighted by atomic mass is 9.90. The summed E-state index contributed by atoms with van der Waals surface area (Å²) >= 11 is 0. The fraction of sp³-hybridized carbons (Fsp3) is 0.364. The molecule has 2 rings (SSSR count). The third-order valence-corrected chi connectivity index (χ3v) is 4.29. The lowest BCUT2D eigenvalue weighted by Gasteiger charge is -2.29. The van der Waals surface area contributed by atoms with Crippen LogP contribution in [0.3, 0.4) is 0 Å².